The van der Waals surface area contributed by atoms with Gasteiger partial charge < -0.3 is 10.2 Å². The number of aliphatic hydroxyl groups is 1. The Kier molecular flexibility index (Phi) is 4.36. The van der Waals surface area contributed by atoms with Crippen molar-refractivity contribution in [2.75, 3.05) is 6.61 Å². The van der Waals surface area contributed by atoms with E-state index in [-0.39, 0.29) is 17.3 Å². The molecule has 0 aliphatic heterocycles. The van der Waals surface area contributed by atoms with E-state index in [0.717, 1.165) is 6.07 Å². The Balaban J connectivity index is 2.44. The number of aromatic nitrogens is 2. The van der Waals surface area contributed by atoms with Crippen LogP contribution in [0.25, 0.3) is 5.69 Å². The highest BCUT2D eigenvalue weighted by atomic mass is 35.5. The second-order valence-electron chi connectivity index (χ2n) is 4.18. The first-order valence-electron chi connectivity index (χ1n) is 5.91. The molecule has 0 saturated carbocycles. The van der Waals surface area contributed by atoms with Crippen molar-refractivity contribution in [3.63, 3.8) is 0 Å². The van der Waals surface area contributed by atoms with E-state index in [2.05, 4.69) is 5.10 Å². The number of nitrogens with zero attached hydrogens (tertiary/aromatic N) is 2. The largest absolute Gasteiger partial charge is 0.476 e. The number of carboxylic acid groups (broad SMARTS) is 1. The third-order valence-corrected chi connectivity index (χ3v) is 3.06. The van der Waals surface area contributed by atoms with Gasteiger partial charge in [-0.2, -0.15) is 5.10 Å². The van der Waals surface area contributed by atoms with Gasteiger partial charge in [-0.3, -0.25) is 0 Å². The summed E-state index contributed by atoms with van der Waals surface area (Å²) in [6, 6.07) is 3.77. The quantitative estimate of drug-likeness (QED) is 0.888. The van der Waals surface area contributed by atoms with Crippen LogP contribution in [0.2, 0.25) is 5.02 Å². The molecule has 7 heteroatoms. The van der Waals surface area contributed by atoms with Crippen molar-refractivity contribution < 1.29 is 19.4 Å². The van der Waals surface area contributed by atoms with Gasteiger partial charge in [0.15, 0.2) is 5.69 Å². The molecule has 0 unspecified atom stereocenters. The van der Waals surface area contributed by atoms with E-state index in [0.29, 0.717) is 24.1 Å². The minimum atomic E-state index is -1.16. The summed E-state index contributed by atoms with van der Waals surface area (Å²) in [5, 5.41) is 22.0. The average Bonchev–Trinajstić information content (AvgIpc) is 2.80. The lowest BCUT2D eigenvalue weighted by atomic mass is 10.1. The van der Waals surface area contributed by atoms with Crippen molar-refractivity contribution in [3.05, 3.63) is 46.5 Å². The van der Waals surface area contributed by atoms with Crippen LogP contribution in [0.3, 0.4) is 0 Å². The van der Waals surface area contributed by atoms with Gasteiger partial charge in [-0.25, -0.2) is 13.9 Å². The Bertz CT molecular complexity index is 643. The number of hydrogen-bond donors (Lipinski definition) is 2. The molecule has 0 fully saturated rings. The fourth-order valence-corrected chi connectivity index (χ4v) is 2.09. The number of aryl methyl sites for hydroxylation is 1. The summed E-state index contributed by atoms with van der Waals surface area (Å²) in [5.41, 5.74) is 0.789. The highest BCUT2D eigenvalue weighted by molar-refractivity contribution is 6.32. The lowest BCUT2D eigenvalue weighted by Gasteiger charge is -2.03. The fraction of sp³-hybridized carbons (Fsp3) is 0.231. The normalized spacial score (nSPS) is 10.8. The summed E-state index contributed by atoms with van der Waals surface area (Å²) in [6.45, 7) is -0.0401. The number of halogens is 2. The summed E-state index contributed by atoms with van der Waals surface area (Å²) < 4.78 is 14.3. The third-order valence-electron chi connectivity index (χ3n) is 2.75. The first-order valence-corrected chi connectivity index (χ1v) is 6.29. The molecule has 1 heterocycles. The molecule has 20 heavy (non-hydrogen) atoms. The maximum Gasteiger partial charge on any atom is 0.356 e. The van der Waals surface area contributed by atoms with E-state index in [9.17, 15) is 9.18 Å². The molecule has 2 N–H and O–H groups in total. The topological polar surface area (TPSA) is 75.3 Å². The highest BCUT2D eigenvalue weighted by Crippen LogP contribution is 2.22. The molecule has 0 atom stereocenters. The van der Waals surface area contributed by atoms with Gasteiger partial charge in [0.25, 0.3) is 0 Å². The number of benzene rings is 1. The van der Waals surface area contributed by atoms with Crippen molar-refractivity contribution in [3.8, 4) is 5.69 Å². The third kappa shape index (κ3) is 2.97. The number of aliphatic hydroxyl groups excluding tert-OH is 1. The molecule has 0 amide bonds. The Morgan fingerprint density at radius 2 is 2.20 bits per heavy atom. The molecule has 0 bridgehead atoms. The molecule has 1 aromatic heterocycles. The van der Waals surface area contributed by atoms with Crippen molar-refractivity contribution in [2.45, 2.75) is 12.8 Å². The van der Waals surface area contributed by atoms with Gasteiger partial charge in [0.2, 0.25) is 0 Å². The molecule has 2 rings (SSSR count). The molecule has 106 valence electrons. The van der Waals surface area contributed by atoms with E-state index in [4.69, 9.17) is 21.8 Å². The zero-order chi connectivity index (χ0) is 14.7. The van der Waals surface area contributed by atoms with Gasteiger partial charge in [0.05, 0.1) is 10.7 Å². The van der Waals surface area contributed by atoms with Gasteiger partial charge in [-0.15, -0.1) is 0 Å². The van der Waals surface area contributed by atoms with Crippen LogP contribution in [0.1, 0.15) is 22.5 Å². The Hall–Kier alpha value is -1.92. The van der Waals surface area contributed by atoms with Gasteiger partial charge in [0.1, 0.15) is 5.82 Å². The summed E-state index contributed by atoms with van der Waals surface area (Å²) in [6.07, 6.45) is 2.35. The van der Waals surface area contributed by atoms with Gasteiger partial charge in [0, 0.05) is 18.4 Å². The first-order chi connectivity index (χ1) is 9.52. The molecular formula is C13H12ClFN2O3. The summed E-state index contributed by atoms with van der Waals surface area (Å²) in [4.78, 5) is 11.1. The molecule has 0 spiro atoms. The lowest BCUT2D eigenvalue weighted by Crippen LogP contribution is -2.03. The maximum atomic E-state index is 13.0. The number of carboxylic acids is 1. The van der Waals surface area contributed by atoms with Crippen molar-refractivity contribution in [1.82, 2.24) is 9.78 Å². The van der Waals surface area contributed by atoms with Gasteiger partial charge in [-0.05, 0) is 31.0 Å². The average molecular weight is 299 g/mol. The number of hydrogen-bond acceptors (Lipinski definition) is 3. The van der Waals surface area contributed by atoms with Gasteiger partial charge in [-0.1, -0.05) is 11.6 Å². The minimum Gasteiger partial charge on any atom is -0.476 e. The van der Waals surface area contributed by atoms with Crippen molar-refractivity contribution in [2.24, 2.45) is 0 Å². The summed E-state index contributed by atoms with van der Waals surface area (Å²) >= 11 is 5.92. The number of rotatable bonds is 5. The standard InChI is InChI=1S/C13H12ClFN2O3/c14-10-6-9(15)3-4-11(10)17-7-8(2-1-5-18)12(16-17)13(19)20/h3-4,6-7,18H,1-2,5H2,(H,19,20). The molecule has 0 radical (unpaired) electrons. The molecule has 0 saturated heterocycles. The molecule has 2 aromatic rings. The van der Waals surface area contributed by atoms with Crippen LogP contribution in [0.5, 0.6) is 0 Å². The molecule has 0 aliphatic carbocycles. The molecule has 1 aromatic carbocycles. The summed E-state index contributed by atoms with van der Waals surface area (Å²) in [7, 11) is 0. The van der Waals surface area contributed by atoms with Crippen LogP contribution in [0.15, 0.2) is 24.4 Å². The van der Waals surface area contributed by atoms with Crippen LogP contribution in [-0.4, -0.2) is 32.6 Å². The molecule has 0 aliphatic rings. The Morgan fingerprint density at radius 1 is 1.45 bits per heavy atom. The number of aromatic carboxylic acids is 1. The monoisotopic (exact) mass is 298 g/mol. The van der Waals surface area contributed by atoms with E-state index >= 15 is 0 Å². The maximum absolute atomic E-state index is 13.0. The van der Waals surface area contributed by atoms with Crippen LogP contribution < -0.4 is 0 Å². The van der Waals surface area contributed by atoms with Crippen LogP contribution in [-0.2, 0) is 6.42 Å². The van der Waals surface area contributed by atoms with Crippen molar-refractivity contribution >= 4 is 17.6 Å². The predicted molar refractivity (Wildman–Crippen MR) is 70.9 cm³/mol. The number of carbonyl (C=O) groups is 1. The molecular weight excluding hydrogens is 287 g/mol. The lowest BCUT2D eigenvalue weighted by molar-refractivity contribution is 0.0688. The van der Waals surface area contributed by atoms with Gasteiger partial charge >= 0.3 is 5.97 Å². The Labute approximate surface area is 119 Å². The highest BCUT2D eigenvalue weighted by Gasteiger charge is 2.17. The zero-order valence-corrected chi connectivity index (χ0v) is 11.1. The van der Waals surface area contributed by atoms with E-state index in [1.807, 2.05) is 0 Å². The smallest absolute Gasteiger partial charge is 0.356 e. The minimum absolute atomic E-state index is 0.0401. The van der Waals surface area contributed by atoms with Crippen LogP contribution >= 0.6 is 11.6 Å². The van der Waals surface area contributed by atoms with E-state index in [1.165, 1.54) is 23.0 Å². The van der Waals surface area contributed by atoms with Crippen molar-refractivity contribution in [1.29, 1.82) is 0 Å². The van der Waals surface area contributed by atoms with Crippen LogP contribution in [0, 0.1) is 5.82 Å². The predicted octanol–water partition coefficient (Wildman–Crippen LogP) is 2.29. The second-order valence-corrected chi connectivity index (χ2v) is 4.58. The van der Waals surface area contributed by atoms with Crippen LogP contribution in [0.4, 0.5) is 4.39 Å². The second kappa shape index (κ2) is 6.02. The zero-order valence-electron chi connectivity index (χ0n) is 10.4. The Morgan fingerprint density at radius 3 is 2.80 bits per heavy atom. The molecule has 5 nitrogen and oxygen atoms in total. The van der Waals surface area contributed by atoms with E-state index in [1.54, 1.807) is 0 Å². The first kappa shape index (κ1) is 14.5. The van der Waals surface area contributed by atoms with E-state index < -0.39 is 11.8 Å². The summed E-state index contributed by atoms with van der Waals surface area (Å²) in [5.74, 6) is -1.64. The fourth-order valence-electron chi connectivity index (χ4n) is 1.83. The SMILES string of the molecule is O=C(O)c1nn(-c2ccc(F)cc2Cl)cc1CCCO.